The average Bonchev–Trinajstić information content (AvgIpc) is 3.41. The molecule has 0 amide bonds. The van der Waals surface area contributed by atoms with Gasteiger partial charge >= 0.3 is 11.9 Å². The van der Waals surface area contributed by atoms with Crippen LogP contribution in [0.15, 0.2) is 6.07 Å². The number of piperazine rings is 1. The summed E-state index contributed by atoms with van der Waals surface area (Å²) in [5.74, 6) is 0.00486. The number of fused-ring (bicyclic) bond motifs is 9. The molecule has 1 saturated heterocycles. The van der Waals surface area contributed by atoms with Crippen molar-refractivity contribution in [1.82, 2.24) is 9.80 Å². The number of rotatable bonds is 4. The first-order chi connectivity index (χ1) is 20.0. The Morgan fingerprint density at radius 2 is 1.83 bits per heavy atom. The van der Waals surface area contributed by atoms with E-state index < -0.39 is 42.2 Å². The SMILES string of the molecule is COc1c(C)cc2c(c1O)[C@@H]1[C@H]3[C@H](O)c4c(OC(C)=O)c(C)c5c(c4[C@H](COC(C)=O)N3[C@@H](C#N)[C@H](C2)N1C)OCO5. The molecule has 2 aromatic rings. The molecular weight excluding hydrogens is 546 g/mol. The molecule has 2 aromatic carbocycles. The number of esters is 2. The average molecular weight is 580 g/mol. The number of carbonyl (C=O) groups is 2. The summed E-state index contributed by atoms with van der Waals surface area (Å²) in [6, 6.07) is 1.10. The van der Waals surface area contributed by atoms with Crippen molar-refractivity contribution in [3.8, 4) is 34.8 Å². The number of nitrogens with zero attached hydrogens (tertiary/aromatic N) is 3. The van der Waals surface area contributed by atoms with Crippen molar-refractivity contribution in [3.05, 3.63) is 39.4 Å². The minimum absolute atomic E-state index is 0.0326. The van der Waals surface area contributed by atoms with Crippen LogP contribution in [0, 0.1) is 25.2 Å². The van der Waals surface area contributed by atoms with Gasteiger partial charge in [0.1, 0.15) is 24.5 Å². The van der Waals surface area contributed by atoms with Crippen molar-refractivity contribution in [2.24, 2.45) is 0 Å². The van der Waals surface area contributed by atoms with Crippen molar-refractivity contribution in [3.63, 3.8) is 0 Å². The van der Waals surface area contributed by atoms with E-state index in [1.165, 1.54) is 21.0 Å². The van der Waals surface area contributed by atoms with Crippen molar-refractivity contribution < 1.29 is 43.5 Å². The molecule has 42 heavy (non-hydrogen) atoms. The summed E-state index contributed by atoms with van der Waals surface area (Å²) < 4.78 is 28.5. The summed E-state index contributed by atoms with van der Waals surface area (Å²) in [6.45, 7) is 5.86. The number of aryl methyl sites for hydroxylation is 1. The Labute approximate surface area is 242 Å². The predicted molar refractivity (Wildman–Crippen MR) is 145 cm³/mol. The van der Waals surface area contributed by atoms with Gasteiger partial charge in [-0.25, -0.2) is 0 Å². The minimum atomic E-state index is -1.32. The molecule has 222 valence electrons. The molecule has 0 radical (unpaired) electrons. The van der Waals surface area contributed by atoms with Gasteiger partial charge in [-0.3, -0.25) is 19.4 Å². The number of phenolic OH excluding ortho intramolecular Hbond substituents is 1. The maximum atomic E-state index is 12.4. The van der Waals surface area contributed by atoms with Gasteiger partial charge in [0.2, 0.25) is 6.79 Å². The maximum Gasteiger partial charge on any atom is 0.308 e. The fourth-order valence-electron chi connectivity index (χ4n) is 7.48. The minimum Gasteiger partial charge on any atom is -0.504 e. The van der Waals surface area contributed by atoms with Gasteiger partial charge in [0.25, 0.3) is 0 Å². The zero-order valence-corrected chi connectivity index (χ0v) is 24.3. The van der Waals surface area contributed by atoms with Gasteiger partial charge < -0.3 is 33.9 Å². The van der Waals surface area contributed by atoms with Crippen molar-refractivity contribution in [2.75, 3.05) is 27.6 Å². The summed E-state index contributed by atoms with van der Waals surface area (Å²) >= 11 is 0. The predicted octanol–water partition coefficient (Wildman–Crippen LogP) is 2.50. The van der Waals surface area contributed by atoms with E-state index in [1.54, 1.807) is 6.92 Å². The Balaban J connectivity index is 1.67. The number of benzene rings is 2. The van der Waals surface area contributed by atoms with Gasteiger partial charge in [0.15, 0.2) is 23.0 Å². The fourth-order valence-corrected chi connectivity index (χ4v) is 7.48. The van der Waals surface area contributed by atoms with Crippen LogP contribution in [0.1, 0.15) is 65.4 Å². The van der Waals surface area contributed by atoms with Gasteiger partial charge in [-0.2, -0.15) is 5.26 Å². The van der Waals surface area contributed by atoms with Crippen molar-refractivity contribution >= 4 is 11.9 Å². The summed E-state index contributed by atoms with van der Waals surface area (Å²) in [5.41, 5.74) is 3.39. The lowest BCUT2D eigenvalue weighted by Gasteiger charge is -2.60. The Kier molecular flexibility index (Phi) is 6.72. The molecule has 2 bridgehead atoms. The van der Waals surface area contributed by atoms with Crippen LogP contribution in [0.5, 0.6) is 28.7 Å². The first kappa shape index (κ1) is 28.1. The van der Waals surface area contributed by atoms with E-state index in [-0.39, 0.29) is 30.9 Å². The molecule has 12 heteroatoms. The van der Waals surface area contributed by atoms with Crippen LogP contribution in [-0.2, 0) is 20.7 Å². The number of likely N-dealkylation sites (N-methyl/N-ethyl adjacent to an activating group) is 1. The first-order valence-corrected chi connectivity index (χ1v) is 13.8. The van der Waals surface area contributed by atoms with E-state index in [0.717, 1.165) is 11.1 Å². The van der Waals surface area contributed by atoms with Crippen LogP contribution in [0.2, 0.25) is 0 Å². The normalized spacial score (nSPS) is 27.3. The second kappa shape index (κ2) is 10.0. The molecule has 0 aromatic heterocycles. The fraction of sp³-hybridized carbons (Fsp3) is 0.500. The third-order valence-corrected chi connectivity index (χ3v) is 9.02. The molecule has 4 heterocycles. The Bertz CT molecular complexity index is 1550. The second-order valence-electron chi connectivity index (χ2n) is 11.2. The summed E-state index contributed by atoms with van der Waals surface area (Å²) in [5, 5.41) is 34.5. The number of aliphatic hydroxyl groups is 1. The third kappa shape index (κ3) is 3.84. The number of methoxy groups -OCH3 is 1. The molecular formula is C30H33N3O9. The van der Waals surface area contributed by atoms with Crippen molar-refractivity contribution in [1.29, 1.82) is 5.26 Å². The molecule has 0 unspecified atom stereocenters. The summed E-state index contributed by atoms with van der Waals surface area (Å²) in [6.07, 6.45) is -0.867. The third-order valence-electron chi connectivity index (χ3n) is 9.02. The highest BCUT2D eigenvalue weighted by atomic mass is 16.7. The molecule has 0 aliphatic carbocycles. The lowest BCUT2D eigenvalue weighted by Crippen LogP contribution is -2.69. The van der Waals surface area contributed by atoms with Gasteiger partial charge in [0.05, 0.1) is 31.3 Å². The van der Waals surface area contributed by atoms with E-state index in [9.17, 15) is 25.1 Å². The molecule has 6 rings (SSSR count). The molecule has 1 fully saturated rings. The van der Waals surface area contributed by atoms with Gasteiger partial charge in [-0.05, 0) is 38.4 Å². The highest BCUT2D eigenvalue weighted by Gasteiger charge is 2.60. The quantitative estimate of drug-likeness (QED) is 0.405. The second-order valence-corrected chi connectivity index (χ2v) is 11.2. The largest absolute Gasteiger partial charge is 0.504 e. The molecule has 12 nitrogen and oxygen atoms in total. The summed E-state index contributed by atoms with van der Waals surface area (Å²) in [4.78, 5) is 28.3. The van der Waals surface area contributed by atoms with Gasteiger partial charge in [0, 0.05) is 42.1 Å². The van der Waals surface area contributed by atoms with E-state index in [0.29, 0.717) is 45.9 Å². The lowest BCUT2D eigenvalue weighted by molar-refractivity contribution is -0.152. The van der Waals surface area contributed by atoms with E-state index in [4.69, 9.17) is 23.7 Å². The molecule has 0 spiro atoms. The summed E-state index contributed by atoms with van der Waals surface area (Å²) in [7, 11) is 3.35. The molecule has 0 saturated carbocycles. The standard InChI is InChI=1S/C30H33N3O9/c1-12-7-16-8-17-18(9-31)33-19(10-39-14(3)34)21-22(28(42-15(4)35)13(2)29-30(21)41-11-40-29)25(36)24(33)23(32(17)5)20(16)26(37)27(12)38-6/h7,17-19,23-25,36-37H,8,10-11H2,1-6H3/t17-,18-,19-,23+,24-,25+/m0/s1. The Morgan fingerprint density at radius 3 is 2.48 bits per heavy atom. The number of hydrogen-bond acceptors (Lipinski definition) is 12. The van der Waals surface area contributed by atoms with Crippen LogP contribution < -0.4 is 18.9 Å². The Morgan fingerprint density at radius 1 is 1.12 bits per heavy atom. The smallest absolute Gasteiger partial charge is 0.308 e. The Hall–Kier alpha value is -4.05. The lowest BCUT2D eigenvalue weighted by atomic mass is 9.70. The van der Waals surface area contributed by atoms with Crippen LogP contribution in [0.4, 0.5) is 0 Å². The topological polar surface area (TPSA) is 151 Å². The number of ether oxygens (including phenoxy) is 5. The van der Waals surface area contributed by atoms with Gasteiger partial charge in [-0.1, -0.05) is 6.07 Å². The van der Waals surface area contributed by atoms with E-state index in [2.05, 4.69) is 6.07 Å². The number of aliphatic hydroxyl groups excluding tert-OH is 1. The zero-order valence-electron chi connectivity index (χ0n) is 24.3. The highest BCUT2D eigenvalue weighted by molar-refractivity contribution is 5.75. The van der Waals surface area contributed by atoms with Crippen LogP contribution in [-0.4, -0.2) is 77.6 Å². The number of phenols is 1. The first-order valence-electron chi connectivity index (χ1n) is 13.8. The molecule has 4 aliphatic heterocycles. The number of nitriles is 1. The van der Waals surface area contributed by atoms with E-state index >= 15 is 0 Å². The number of carbonyl (C=O) groups excluding carboxylic acids is 2. The zero-order chi connectivity index (χ0) is 30.2. The van der Waals surface area contributed by atoms with Crippen LogP contribution in [0.3, 0.4) is 0 Å². The van der Waals surface area contributed by atoms with Crippen LogP contribution >= 0.6 is 0 Å². The highest BCUT2D eigenvalue weighted by Crippen LogP contribution is 2.61. The monoisotopic (exact) mass is 579 g/mol. The number of aromatic hydroxyl groups is 1. The maximum absolute atomic E-state index is 12.4. The molecule has 2 N–H and O–H groups in total. The van der Waals surface area contributed by atoms with Gasteiger partial charge in [-0.15, -0.1) is 0 Å². The molecule has 6 atom stereocenters. The molecule has 4 aliphatic rings. The van der Waals surface area contributed by atoms with Crippen LogP contribution in [0.25, 0.3) is 0 Å². The van der Waals surface area contributed by atoms with Crippen molar-refractivity contribution in [2.45, 2.75) is 70.4 Å². The number of hydrogen-bond donors (Lipinski definition) is 2. The van der Waals surface area contributed by atoms with E-state index in [1.807, 2.05) is 29.8 Å².